The molecule has 1 unspecified atom stereocenters. The lowest BCUT2D eigenvalue weighted by atomic mass is 9.99. The van der Waals surface area contributed by atoms with E-state index in [-0.39, 0.29) is 11.7 Å². The van der Waals surface area contributed by atoms with Gasteiger partial charge in [-0.1, -0.05) is 29.8 Å². The van der Waals surface area contributed by atoms with Crippen LogP contribution < -0.4 is 15.2 Å². The highest BCUT2D eigenvalue weighted by atomic mass is 35.5. The third-order valence-corrected chi connectivity index (χ3v) is 5.32. The molecule has 0 spiro atoms. The lowest BCUT2D eigenvalue weighted by Gasteiger charge is -2.33. The zero-order chi connectivity index (χ0) is 20.4. The van der Waals surface area contributed by atoms with Crippen LogP contribution in [0, 0.1) is 16.0 Å². The quantitative estimate of drug-likeness (QED) is 0.468. The Labute approximate surface area is 171 Å². The molecule has 29 heavy (non-hydrogen) atoms. The fraction of sp³-hybridized carbons (Fsp3) is 0.300. The number of ether oxygens (including phenoxy) is 1. The van der Waals surface area contributed by atoms with Gasteiger partial charge in [0, 0.05) is 25.2 Å². The third kappa shape index (κ3) is 3.88. The molecule has 3 heterocycles. The van der Waals surface area contributed by atoms with Gasteiger partial charge in [0.1, 0.15) is 11.4 Å². The molecule has 1 atom stereocenters. The first kappa shape index (κ1) is 19.2. The molecule has 1 aliphatic heterocycles. The van der Waals surface area contributed by atoms with E-state index >= 15 is 0 Å². The van der Waals surface area contributed by atoms with Crippen LogP contribution in [0.2, 0.25) is 5.02 Å². The Bertz CT molecular complexity index is 1120. The standard InChI is InChI=1S/C20H19ClN4O4/c21-15-7-1-2-8-16(15)29-13-14-6-5-10-23(12-14)19-18(25(27)28)20(26)24-11-4-3-9-17(24)22-19/h1-4,7-9,11,14H,5-6,10,12-13H2. The van der Waals surface area contributed by atoms with Gasteiger partial charge in [-0.25, -0.2) is 4.98 Å². The molecule has 9 heteroatoms. The predicted octanol–water partition coefficient (Wildman–Crippen LogP) is 3.55. The van der Waals surface area contributed by atoms with E-state index in [2.05, 4.69) is 4.98 Å². The van der Waals surface area contributed by atoms with Gasteiger partial charge in [-0.3, -0.25) is 19.3 Å². The van der Waals surface area contributed by atoms with E-state index in [1.807, 2.05) is 17.0 Å². The summed E-state index contributed by atoms with van der Waals surface area (Å²) in [7, 11) is 0. The number of hydrogen-bond donors (Lipinski definition) is 0. The van der Waals surface area contributed by atoms with Crippen LogP contribution in [0.5, 0.6) is 5.75 Å². The van der Waals surface area contributed by atoms with Gasteiger partial charge in [0.05, 0.1) is 16.6 Å². The first-order chi connectivity index (χ1) is 14.0. The Kier molecular flexibility index (Phi) is 5.35. The average molecular weight is 415 g/mol. The zero-order valence-electron chi connectivity index (χ0n) is 15.5. The first-order valence-electron chi connectivity index (χ1n) is 9.32. The van der Waals surface area contributed by atoms with Crippen molar-refractivity contribution in [2.75, 3.05) is 24.6 Å². The molecule has 0 saturated carbocycles. The number of pyridine rings is 1. The van der Waals surface area contributed by atoms with Crippen LogP contribution in [-0.2, 0) is 0 Å². The normalized spacial score (nSPS) is 16.7. The Morgan fingerprint density at radius 2 is 2.03 bits per heavy atom. The molecule has 1 fully saturated rings. The summed E-state index contributed by atoms with van der Waals surface area (Å²) in [4.78, 5) is 29.9. The maximum absolute atomic E-state index is 12.7. The summed E-state index contributed by atoms with van der Waals surface area (Å²) < 4.78 is 7.05. The number of anilines is 1. The van der Waals surface area contributed by atoms with Crippen LogP contribution in [0.3, 0.4) is 0 Å². The zero-order valence-corrected chi connectivity index (χ0v) is 16.3. The van der Waals surface area contributed by atoms with Gasteiger partial charge in [0.25, 0.3) is 0 Å². The highest BCUT2D eigenvalue weighted by Gasteiger charge is 2.31. The van der Waals surface area contributed by atoms with Crippen LogP contribution in [0.4, 0.5) is 11.5 Å². The van der Waals surface area contributed by atoms with E-state index in [4.69, 9.17) is 16.3 Å². The summed E-state index contributed by atoms with van der Waals surface area (Å²) in [5, 5.41) is 12.2. The van der Waals surface area contributed by atoms with Crippen LogP contribution in [0.25, 0.3) is 5.65 Å². The van der Waals surface area contributed by atoms with E-state index in [0.717, 1.165) is 12.8 Å². The van der Waals surface area contributed by atoms with Crippen molar-refractivity contribution >= 4 is 28.8 Å². The van der Waals surface area contributed by atoms with Crippen molar-refractivity contribution in [2.24, 2.45) is 5.92 Å². The van der Waals surface area contributed by atoms with Crippen LogP contribution in [0.15, 0.2) is 53.5 Å². The van der Waals surface area contributed by atoms with Crippen molar-refractivity contribution in [3.8, 4) is 5.75 Å². The number of rotatable bonds is 5. The Morgan fingerprint density at radius 1 is 1.24 bits per heavy atom. The van der Waals surface area contributed by atoms with Crippen molar-refractivity contribution in [1.29, 1.82) is 0 Å². The lowest BCUT2D eigenvalue weighted by Crippen LogP contribution is -2.39. The number of benzene rings is 1. The smallest absolute Gasteiger partial charge is 0.376 e. The van der Waals surface area contributed by atoms with E-state index in [9.17, 15) is 14.9 Å². The summed E-state index contributed by atoms with van der Waals surface area (Å²) in [5.41, 5.74) is -0.793. The van der Waals surface area contributed by atoms with Gasteiger partial charge in [-0.15, -0.1) is 0 Å². The number of nitrogens with zero attached hydrogens (tertiary/aromatic N) is 4. The molecule has 1 aromatic carbocycles. The molecule has 2 aromatic heterocycles. The van der Waals surface area contributed by atoms with Gasteiger partial charge in [0.2, 0.25) is 5.82 Å². The van der Waals surface area contributed by atoms with Crippen LogP contribution >= 0.6 is 11.6 Å². The topological polar surface area (TPSA) is 90.0 Å². The van der Waals surface area contributed by atoms with Crippen LogP contribution in [-0.4, -0.2) is 34.0 Å². The Balaban J connectivity index is 1.60. The first-order valence-corrected chi connectivity index (χ1v) is 9.70. The van der Waals surface area contributed by atoms with Crippen LogP contribution in [0.1, 0.15) is 12.8 Å². The van der Waals surface area contributed by atoms with Crippen molar-refractivity contribution < 1.29 is 9.66 Å². The molecule has 0 N–H and O–H groups in total. The maximum atomic E-state index is 12.7. The minimum Gasteiger partial charge on any atom is -0.492 e. The second kappa shape index (κ2) is 8.08. The molecule has 0 aliphatic carbocycles. The molecular weight excluding hydrogens is 396 g/mol. The summed E-state index contributed by atoms with van der Waals surface area (Å²) in [5.74, 6) is 0.864. The van der Waals surface area contributed by atoms with Gasteiger partial charge in [-0.2, -0.15) is 0 Å². The fourth-order valence-electron chi connectivity index (χ4n) is 3.61. The third-order valence-electron chi connectivity index (χ3n) is 5.00. The summed E-state index contributed by atoms with van der Waals surface area (Å²) in [6.07, 6.45) is 3.22. The highest BCUT2D eigenvalue weighted by Crippen LogP contribution is 2.29. The van der Waals surface area contributed by atoms with Crippen molar-refractivity contribution in [2.45, 2.75) is 12.8 Å². The van der Waals surface area contributed by atoms with Gasteiger partial charge < -0.3 is 9.64 Å². The minimum atomic E-state index is -0.676. The van der Waals surface area contributed by atoms with E-state index < -0.39 is 16.2 Å². The van der Waals surface area contributed by atoms with Crippen molar-refractivity contribution in [1.82, 2.24) is 9.38 Å². The molecule has 3 aromatic rings. The number of hydrogen-bond acceptors (Lipinski definition) is 6. The highest BCUT2D eigenvalue weighted by molar-refractivity contribution is 6.32. The van der Waals surface area contributed by atoms with E-state index in [0.29, 0.717) is 36.1 Å². The van der Waals surface area contributed by atoms with Crippen molar-refractivity contribution in [3.63, 3.8) is 0 Å². The van der Waals surface area contributed by atoms with E-state index in [1.54, 1.807) is 30.3 Å². The van der Waals surface area contributed by atoms with Crippen molar-refractivity contribution in [3.05, 3.63) is 74.2 Å². The summed E-state index contributed by atoms with van der Waals surface area (Å²) in [6.45, 7) is 1.54. The summed E-state index contributed by atoms with van der Waals surface area (Å²) >= 11 is 6.14. The number of nitro groups is 1. The summed E-state index contributed by atoms with van der Waals surface area (Å²) in [6, 6.07) is 12.3. The fourth-order valence-corrected chi connectivity index (χ4v) is 3.80. The minimum absolute atomic E-state index is 0.119. The number of para-hydroxylation sites is 1. The molecule has 0 amide bonds. The monoisotopic (exact) mass is 414 g/mol. The Morgan fingerprint density at radius 3 is 2.83 bits per heavy atom. The van der Waals surface area contributed by atoms with E-state index in [1.165, 1.54) is 10.6 Å². The second-order valence-electron chi connectivity index (χ2n) is 6.97. The molecule has 0 radical (unpaired) electrons. The average Bonchev–Trinajstić information content (AvgIpc) is 2.73. The number of halogens is 1. The number of aromatic nitrogens is 2. The number of fused-ring (bicyclic) bond motifs is 1. The SMILES string of the molecule is O=c1c([N+](=O)[O-])c(N2CCCC(COc3ccccc3Cl)C2)nc2ccccn12. The molecule has 1 saturated heterocycles. The largest absolute Gasteiger partial charge is 0.492 e. The predicted molar refractivity (Wildman–Crippen MR) is 110 cm³/mol. The van der Waals surface area contributed by atoms with Gasteiger partial charge >= 0.3 is 11.2 Å². The van der Waals surface area contributed by atoms with Gasteiger partial charge in [0.15, 0.2) is 0 Å². The molecular formula is C20H19ClN4O4. The molecule has 8 nitrogen and oxygen atoms in total. The molecule has 4 rings (SSSR count). The number of piperidine rings is 1. The lowest BCUT2D eigenvalue weighted by molar-refractivity contribution is -0.385. The van der Waals surface area contributed by atoms with Gasteiger partial charge in [-0.05, 0) is 37.1 Å². The molecule has 0 bridgehead atoms. The molecule has 150 valence electrons. The Hall–Kier alpha value is -3.13. The maximum Gasteiger partial charge on any atom is 0.376 e. The molecule has 1 aliphatic rings. The second-order valence-corrected chi connectivity index (χ2v) is 7.38.